The van der Waals surface area contributed by atoms with E-state index in [2.05, 4.69) is 6.07 Å². The Kier molecular flexibility index (Phi) is 5.63. The van der Waals surface area contributed by atoms with Crippen LogP contribution in [0.1, 0.15) is 17.5 Å². The Hall–Kier alpha value is -2.39. The smallest absolute Gasteiger partial charge is 0.256 e. The van der Waals surface area contributed by atoms with E-state index >= 15 is 0 Å². The van der Waals surface area contributed by atoms with Crippen molar-refractivity contribution in [3.05, 3.63) is 64.7 Å². The largest absolute Gasteiger partial charge is 0.381 e. The van der Waals surface area contributed by atoms with Crippen LogP contribution in [0.5, 0.6) is 0 Å². The molecule has 2 aliphatic heterocycles. The van der Waals surface area contributed by atoms with Crippen molar-refractivity contribution in [2.75, 3.05) is 24.7 Å². The maximum absolute atomic E-state index is 13.5. The number of amides is 1. The minimum Gasteiger partial charge on any atom is -0.381 e. The summed E-state index contributed by atoms with van der Waals surface area (Å²) in [5.74, 6) is 0.373. The van der Waals surface area contributed by atoms with E-state index in [1.54, 1.807) is 23.1 Å². The molecule has 6 heteroatoms. The number of fused-ring (bicyclic) bond motifs is 1. The topological polar surface area (TPSA) is 62.6 Å². The zero-order valence-corrected chi connectivity index (χ0v) is 16.1. The normalized spacial score (nSPS) is 23.6. The Labute approximate surface area is 169 Å². The van der Waals surface area contributed by atoms with E-state index < -0.39 is 6.10 Å². The van der Waals surface area contributed by atoms with Crippen molar-refractivity contribution < 1.29 is 14.3 Å². The second-order valence-corrected chi connectivity index (χ2v) is 7.69. The Morgan fingerprint density at radius 3 is 2.82 bits per heavy atom. The molecule has 28 heavy (non-hydrogen) atoms. The lowest BCUT2D eigenvalue weighted by atomic mass is 9.86. The Morgan fingerprint density at radius 1 is 1.21 bits per heavy atom. The highest BCUT2D eigenvalue weighted by molar-refractivity contribution is 6.30. The number of carbonyl (C=O) groups excluding carboxylic acids is 1. The molecule has 2 aromatic rings. The van der Waals surface area contributed by atoms with Crippen LogP contribution < -0.4 is 4.90 Å². The van der Waals surface area contributed by atoms with Crippen LogP contribution in [0, 0.1) is 23.2 Å². The van der Waals surface area contributed by atoms with Crippen LogP contribution in [0.4, 0.5) is 5.69 Å². The van der Waals surface area contributed by atoms with Gasteiger partial charge in [0.2, 0.25) is 0 Å². The average Bonchev–Trinajstić information content (AvgIpc) is 3.17. The molecule has 144 valence electrons. The van der Waals surface area contributed by atoms with E-state index in [-0.39, 0.29) is 17.7 Å². The summed E-state index contributed by atoms with van der Waals surface area (Å²) in [4.78, 5) is 15.2. The number of hydrogen-bond acceptors (Lipinski definition) is 4. The zero-order chi connectivity index (χ0) is 19.5. The van der Waals surface area contributed by atoms with Gasteiger partial charge in [-0.25, -0.2) is 0 Å². The minimum absolute atomic E-state index is 0.0700. The monoisotopic (exact) mass is 396 g/mol. The van der Waals surface area contributed by atoms with Gasteiger partial charge in [0.15, 0.2) is 0 Å². The molecule has 2 saturated heterocycles. The predicted molar refractivity (Wildman–Crippen MR) is 106 cm³/mol. The van der Waals surface area contributed by atoms with Crippen LogP contribution in [0.25, 0.3) is 0 Å². The number of halogens is 1. The molecule has 2 fully saturated rings. The van der Waals surface area contributed by atoms with Crippen molar-refractivity contribution in [1.29, 1.82) is 5.26 Å². The maximum atomic E-state index is 13.5. The van der Waals surface area contributed by atoms with Gasteiger partial charge in [-0.2, -0.15) is 5.26 Å². The van der Waals surface area contributed by atoms with Gasteiger partial charge in [-0.15, -0.1) is 0 Å². The van der Waals surface area contributed by atoms with Crippen LogP contribution in [-0.4, -0.2) is 31.8 Å². The Morgan fingerprint density at radius 2 is 2.04 bits per heavy atom. The highest BCUT2D eigenvalue weighted by Gasteiger charge is 2.44. The summed E-state index contributed by atoms with van der Waals surface area (Å²) in [5, 5.41) is 9.91. The third kappa shape index (κ3) is 3.90. The van der Waals surface area contributed by atoms with Crippen LogP contribution >= 0.6 is 11.6 Å². The van der Waals surface area contributed by atoms with Gasteiger partial charge in [-0.3, -0.25) is 4.79 Å². The first kappa shape index (κ1) is 18.9. The van der Waals surface area contributed by atoms with E-state index in [4.69, 9.17) is 21.1 Å². The van der Waals surface area contributed by atoms with Gasteiger partial charge in [0, 0.05) is 29.2 Å². The van der Waals surface area contributed by atoms with Gasteiger partial charge in [-0.1, -0.05) is 29.8 Å². The molecular weight excluding hydrogens is 376 g/mol. The lowest BCUT2D eigenvalue weighted by Crippen LogP contribution is -2.43. The minimum atomic E-state index is -0.480. The number of benzene rings is 2. The molecule has 0 radical (unpaired) electrons. The quantitative estimate of drug-likeness (QED) is 0.788. The maximum Gasteiger partial charge on any atom is 0.256 e. The van der Waals surface area contributed by atoms with Crippen molar-refractivity contribution in [1.82, 2.24) is 0 Å². The van der Waals surface area contributed by atoms with Gasteiger partial charge < -0.3 is 14.4 Å². The third-order valence-corrected chi connectivity index (χ3v) is 5.71. The summed E-state index contributed by atoms with van der Waals surface area (Å²) >= 11 is 6.00. The highest BCUT2D eigenvalue weighted by Crippen LogP contribution is 2.35. The van der Waals surface area contributed by atoms with Crippen LogP contribution in [-0.2, 0) is 20.8 Å². The molecule has 3 atom stereocenters. The van der Waals surface area contributed by atoms with Gasteiger partial charge in [0.05, 0.1) is 31.4 Å². The summed E-state index contributed by atoms with van der Waals surface area (Å²) in [5.41, 5.74) is 2.17. The number of hydrogen-bond donors (Lipinski definition) is 0. The molecule has 2 heterocycles. The molecule has 0 saturated carbocycles. The van der Waals surface area contributed by atoms with Crippen molar-refractivity contribution in [3.8, 4) is 6.07 Å². The number of nitriles is 1. The highest BCUT2D eigenvalue weighted by atomic mass is 35.5. The fraction of sp³-hybridized carbons (Fsp3) is 0.364. The first-order chi connectivity index (χ1) is 13.7. The zero-order valence-electron chi connectivity index (χ0n) is 15.4. The second-order valence-electron chi connectivity index (χ2n) is 7.25. The van der Waals surface area contributed by atoms with Gasteiger partial charge in [0.25, 0.3) is 5.91 Å². The SMILES string of the molecule is N#Cc1cccc(N(Cc2ccc(Cl)cc2)C(=O)C2OCC3COCCC32)c1. The van der Waals surface area contributed by atoms with Crippen LogP contribution in [0.2, 0.25) is 5.02 Å². The van der Waals surface area contributed by atoms with Crippen molar-refractivity contribution in [3.63, 3.8) is 0 Å². The number of anilines is 1. The predicted octanol–water partition coefficient (Wildman–Crippen LogP) is 3.80. The molecule has 5 nitrogen and oxygen atoms in total. The summed E-state index contributed by atoms with van der Waals surface area (Å²) in [7, 11) is 0. The second kappa shape index (κ2) is 8.32. The summed E-state index contributed by atoms with van der Waals surface area (Å²) < 4.78 is 11.5. The number of rotatable bonds is 4. The van der Waals surface area contributed by atoms with Crippen molar-refractivity contribution >= 4 is 23.2 Å². The first-order valence-electron chi connectivity index (χ1n) is 9.41. The van der Waals surface area contributed by atoms with Gasteiger partial charge in [0.1, 0.15) is 6.10 Å². The fourth-order valence-electron chi connectivity index (χ4n) is 3.95. The van der Waals surface area contributed by atoms with Crippen molar-refractivity contribution in [2.24, 2.45) is 11.8 Å². The summed E-state index contributed by atoms with van der Waals surface area (Å²) in [6.45, 7) is 2.25. The number of nitrogens with zero attached hydrogens (tertiary/aromatic N) is 2. The van der Waals surface area contributed by atoms with E-state index in [1.807, 2.05) is 30.3 Å². The van der Waals surface area contributed by atoms with E-state index in [0.717, 1.165) is 12.0 Å². The van der Waals surface area contributed by atoms with Crippen molar-refractivity contribution in [2.45, 2.75) is 19.1 Å². The number of ether oxygens (including phenoxy) is 2. The lowest BCUT2D eigenvalue weighted by molar-refractivity contribution is -0.129. The lowest BCUT2D eigenvalue weighted by Gasteiger charge is -2.31. The molecule has 1 amide bonds. The molecule has 2 aromatic carbocycles. The fourth-order valence-corrected chi connectivity index (χ4v) is 4.08. The van der Waals surface area contributed by atoms with Gasteiger partial charge in [-0.05, 0) is 42.3 Å². The Balaban J connectivity index is 1.64. The molecule has 4 rings (SSSR count). The third-order valence-electron chi connectivity index (χ3n) is 5.46. The molecule has 0 N–H and O–H groups in total. The van der Waals surface area contributed by atoms with E-state index in [9.17, 15) is 10.1 Å². The number of carbonyl (C=O) groups is 1. The molecule has 0 aliphatic carbocycles. The summed E-state index contributed by atoms with van der Waals surface area (Å²) in [6, 6.07) is 16.7. The first-order valence-corrected chi connectivity index (χ1v) is 9.79. The van der Waals surface area contributed by atoms with E-state index in [1.165, 1.54) is 0 Å². The summed E-state index contributed by atoms with van der Waals surface area (Å²) in [6.07, 6.45) is 0.348. The molecule has 2 aliphatic rings. The standard InChI is InChI=1S/C22H21ClN2O3/c23-18-6-4-15(5-7-18)12-25(19-3-1-2-16(10-19)11-24)22(26)21-20-8-9-27-13-17(20)14-28-21/h1-7,10,17,20-21H,8-9,12-14H2. The Bertz CT molecular complexity index is 893. The van der Waals surface area contributed by atoms with Gasteiger partial charge >= 0.3 is 0 Å². The molecule has 0 bridgehead atoms. The molecule has 3 unspecified atom stereocenters. The molecule has 0 spiro atoms. The van der Waals surface area contributed by atoms with E-state index in [0.29, 0.717) is 42.6 Å². The average molecular weight is 397 g/mol. The molecular formula is C22H21ClN2O3. The van der Waals surface area contributed by atoms with Crippen LogP contribution in [0.3, 0.4) is 0 Å². The van der Waals surface area contributed by atoms with Crippen LogP contribution in [0.15, 0.2) is 48.5 Å². The molecule has 0 aromatic heterocycles.